The second-order valence-electron chi connectivity index (χ2n) is 8.54. The van der Waals surface area contributed by atoms with Crippen LogP contribution in [-0.2, 0) is 4.79 Å². The molecule has 2 fully saturated rings. The van der Waals surface area contributed by atoms with Gasteiger partial charge in [-0.2, -0.15) is 0 Å². The number of halogens is 1. The van der Waals surface area contributed by atoms with Crippen molar-refractivity contribution in [1.29, 1.82) is 0 Å². The quantitative estimate of drug-likeness (QED) is 0.520. The number of hydrogen-bond donors (Lipinski definition) is 1. The average molecular weight is 456 g/mol. The highest BCUT2D eigenvalue weighted by Gasteiger charge is 2.27. The van der Waals surface area contributed by atoms with E-state index in [-0.39, 0.29) is 11.7 Å². The van der Waals surface area contributed by atoms with Crippen molar-refractivity contribution in [3.05, 3.63) is 41.8 Å². The van der Waals surface area contributed by atoms with E-state index in [1.165, 1.54) is 31.4 Å². The van der Waals surface area contributed by atoms with Gasteiger partial charge >= 0.3 is 0 Å². The molecule has 2 N–H and O–H groups in total. The first-order chi connectivity index (χ1) is 15.0. The van der Waals surface area contributed by atoms with Crippen molar-refractivity contribution in [3.8, 4) is 11.1 Å². The first-order valence-electron chi connectivity index (χ1n) is 10.9. The zero-order valence-electron chi connectivity index (χ0n) is 17.6. The Morgan fingerprint density at radius 1 is 1.19 bits per heavy atom. The third-order valence-electron chi connectivity index (χ3n) is 6.52. The van der Waals surface area contributed by atoms with Crippen molar-refractivity contribution < 1.29 is 9.18 Å². The molecule has 1 saturated heterocycles. The summed E-state index contributed by atoms with van der Waals surface area (Å²) < 4.78 is 14.7. The second kappa shape index (κ2) is 8.43. The molecule has 7 heteroatoms. The molecule has 31 heavy (non-hydrogen) atoms. The van der Waals surface area contributed by atoms with Gasteiger partial charge in [0.25, 0.3) is 0 Å². The van der Waals surface area contributed by atoms with Crippen molar-refractivity contribution in [3.63, 3.8) is 0 Å². The molecule has 162 valence electrons. The maximum Gasteiger partial charge on any atom is 0.219 e. The largest absolute Gasteiger partial charge is 0.397 e. The molecule has 1 aromatic carbocycles. The van der Waals surface area contributed by atoms with Gasteiger partial charge in [-0.1, -0.05) is 18.6 Å². The fraction of sp³-hybridized carbons (Fsp3) is 0.417. The summed E-state index contributed by atoms with van der Waals surface area (Å²) in [6.07, 6.45) is 5.61. The molecule has 2 aromatic heterocycles. The minimum Gasteiger partial charge on any atom is -0.397 e. The van der Waals surface area contributed by atoms with E-state index in [1.807, 2.05) is 28.8 Å². The van der Waals surface area contributed by atoms with E-state index in [0.29, 0.717) is 11.2 Å². The monoisotopic (exact) mass is 455 g/mol. The van der Waals surface area contributed by atoms with Crippen LogP contribution in [0.25, 0.3) is 21.3 Å². The van der Waals surface area contributed by atoms with Crippen LogP contribution in [0.1, 0.15) is 50.6 Å². The number of benzene rings is 1. The molecule has 5 rings (SSSR count). The van der Waals surface area contributed by atoms with E-state index in [4.69, 9.17) is 10.7 Å². The third kappa shape index (κ3) is 4.05. The predicted octanol–water partition coefficient (Wildman–Crippen LogP) is 6.06. The molecular weight excluding hydrogens is 429 g/mol. The number of carbonyl (C=O) groups excluding carboxylic acids is 1. The smallest absolute Gasteiger partial charge is 0.219 e. The number of piperidine rings is 1. The second-order valence-corrected chi connectivity index (χ2v) is 11.1. The molecule has 3 heterocycles. The van der Waals surface area contributed by atoms with E-state index in [9.17, 15) is 9.18 Å². The van der Waals surface area contributed by atoms with Crippen LogP contribution in [-0.4, -0.2) is 34.1 Å². The van der Waals surface area contributed by atoms with E-state index in [2.05, 4.69) is 6.07 Å². The molecular formula is C24H26FN3OS2. The summed E-state index contributed by atoms with van der Waals surface area (Å²) in [5.41, 5.74) is 10.5. The third-order valence-corrected chi connectivity index (χ3v) is 9.20. The molecule has 0 unspecified atom stereocenters. The van der Waals surface area contributed by atoms with E-state index in [0.717, 1.165) is 62.9 Å². The van der Waals surface area contributed by atoms with Gasteiger partial charge in [0, 0.05) is 42.3 Å². The minimum atomic E-state index is -0.245. The lowest BCUT2D eigenvalue weighted by molar-refractivity contribution is -0.129. The summed E-state index contributed by atoms with van der Waals surface area (Å²) in [6, 6.07) is 8.78. The number of carbonyl (C=O) groups is 1. The Morgan fingerprint density at radius 3 is 2.52 bits per heavy atom. The van der Waals surface area contributed by atoms with Crippen molar-refractivity contribution in [2.45, 2.75) is 54.4 Å². The highest BCUT2D eigenvalue weighted by Crippen LogP contribution is 2.48. The maximum absolute atomic E-state index is 13.6. The summed E-state index contributed by atoms with van der Waals surface area (Å²) in [7, 11) is 0. The van der Waals surface area contributed by atoms with Gasteiger partial charge in [0.15, 0.2) is 0 Å². The maximum atomic E-state index is 13.6. The molecule has 1 saturated carbocycles. The van der Waals surface area contributed by atoms with Crippen LogP contribution in [0.15, 0.2) is 34.5 Å². The Labute approximate surface area is 190 Å². The molecule has 0 radical (unpaired) electrons. The van der Waals surface area contributed by atoms with Crippen LogP contribution >= 0.6 is 23.1 Å². The van der Waals surface area contributed by atoms with Crippen LogP contribution < -0.4 is 5.73 Å². The lowest BCUT2D eigenvalue weighted by Crippen LogP contribution is -2.36. The Balaban J connectivity index is 1.57. The summed E-state index contributed by atoms with van der Waals surface area (Å²) in [6.45, 7) is 3.16. The molecule has 3 aromatic rings. The van der Waals surface area contributed by atoms with E-state index < -0.39 is 0 Å². The van der Waals surface area contributed by atoms with Crippen LogP contribution in [0, 0.1) is 5.82 Å². The Kier molecular flexibility index (Phi) is 5.65. The number of pyridine rings is 1. The van der Waals surface area contributed by atoms with Crippen LogP contribution in [0.2, 0.25) is 0 Å². The number of thioether (sulfide) groups is 1. The zero-order valence-corrected chi connectivity index (χ0v) is 19.2. The van der Waals surface area contributed by atoms with Gasteiger partial charge in [-0.05, 0) is 55.0 Å². The number of nitrogen functional groups attached to an aromatic ring is 1. The van der Waals surface area contributed by atoms with Gasteiger partial charge in [0.05, 0.1) is 9.90 Å². The van der Waals surface area contributed by atoms with Gasteiger partial charge in [0.2, 0.25) is 5.91 Å². The number of aromatic nitrogens is 1. The fourth-order valence-corrected chi connectivity index (χ4v) is 7.20. The Morgan fingerprint density at radius 2 is 1.90 bits per heavy atom. The number of nitrogens with zero attached hydrogens (tertiary/aromatic N) is 2. The zero-order chi connectivity index (χ0) is 21.5. The Hall–Kier alpha value is -2.12. The highest BCUT2D eigenvalue weighted by atomic mass is 32.2. The summed E-state index contributed by atoms with van der Waals surface area (Å²) in [5, 5.41) is 1.64. The summed E-state index contributed by atoms with van der Waals surface area (Å²) >= 11 is 3.57. The minimum absolute atomic E-state index is 0.137. The first kappa shape index (κ1) is 20.8. The topological polar surface area (TPSA) is 59.2 Å². The van der Waals surface area contributed by atoms with Crippen LogP contribution in [0.4, 0.5) is 10.1 Å². The standard InChI is InChI=1S/C24H26FN3OS2/c1-14(29)28-11-9-16(10-12-28)20-13-19(15-5-7-17(25)8-6-15)21-22(26)24(31-23(21)27-20)30-18-3-2-4-18/h5-8,13,16,18H,2-4,9-12,26H2,1H3. The predicted molar refractivity (Wildman–Crippen MR) is 127 cm³/mol. The number of nitrogens with two attached hydrogens (primary N) is 1. The fourth-order valence-electron chi connectivity index (χ4n) is 4.40. The molecule has 1 amide bonds. The lowest BCUT2D eigenvalue weighted by atomic mass is 9.90. The number of amides is 1. The van der Waals surface area contributed by atoms with Gasteiger partial charge in [-0.25, -0.2) is 9.37 Å². The van der Waals surface area contributed by atoms with Gasteiger partial charge in [0.1, 0.15) is 10.6 Å². The SMILES string of the molecule is CC(=O)N1CCC(c2cc(-c3ccc(F)cc3)c3c(N)c(SC4CCC4)sc3n2)CC1. The summed E-state index contributed by atoms with van der Waals surface area (Å²) in [4.78, 5) is 19.6. The molecule has 0 atom stereocenters. The van der Waals surface area contributed by atoms with E-state index in [1.54, 1.807) is 18.3 Å². The van der Waals surface area contributed by atoms with Gasteiger partial charge in [-0.3, -0.25) is 4.79 Å². The molecule has 2 aliphatic rings. The number of thiophene rings is 1. The molecule has 0 bridgehead atoms. The van der Waals surface area contributed by atoms with Crippen molar-refractivity contribution in [2.24, 2.45) is 0 Å². The molecule has 4 nitrogen and oxygen atoms in total. The molecule has 1 aliphatic carbocycles. The number of fused-ring (bicyclic) bond motifs is 1. The number of hydrogen-bond acceptors (Lipinski definition) is 5. The van der Waals surface area contributed by atoms with Crippen molar-refractivity contribution in [1.82, 2.24) is 9.88 Å². The first-order valence-corrected chi connectivity index (χ1v) is 12.6. The Bertz CT molecular complexity index is 1120. The number of rotatable bonds is 4. The van der Waals surface area contributed by atoms with Crippen LogP contribution in [0.3, 0.4) is 0 Å². The van der Waals surface area contributed by atoms with Crippen molar-refractivity contribution >= 4 is 44.9 Å². The average Bonchev–Trinajstić information content (AvgIpc) is 3.06. The van der Waals surface area contributed by atoms with Gasteiger partial charge in [-0.15, -0.1) is 23.1 Å². The molecule has 1 aliphatic heterocycles. The lowest BCUT2D eigenvalue weighted by Gasteiger charge is -2.31. The van der Waals surface area contributed by atoms with Crippen LogP contribution in [0.5, 0.6) is 0 Å². The number of anilines is 1. The highest BCUT2D eigenvalue weighted by molar-refractivity contribution is 8.02. The molecule has 0 spiro atoms. The van der Waals surface area contributed by atoms with Gasteiger partial charge < -0.3 is 10.6 Å². The van der Waals surface area contributed by atoms with Crippen molar-refractivity contribution in [2.75, 3.05) is 18.8 Å². The number of likely N-dealkylation sites (tertiary alicyclic amines) is 1. The normalized spacial score (nSPS) is 17.8. The van der Waals surface area contributed by atoms with E-state index >= 15 is 0 Å². The summed E-state index contributed by atoms with van der Waals surface area (Å²) in [5.74, 6) is 0.202.